The molecule has 1 aromatic carbocycles. The quantitative estimate of drug-likeness (QED) is 0.257. The highest BCUT2D eigenvalue weighted by Crippen LogP contribution is 2.07. The zero-order valence-corrected chi connectivity index (χ0v) is 14.2. The van der Waals surface area contributed by atoms with E-state index in [-0.39, 0.29) is 29.9 Å². The van der Waals surface area contributed by atoms with Gasteiger partial charge in [0.15, 0.2) is 5.96 Å². The molecule has 0 aliphatic rings. The number of hydrogen-bond acceptors (Lipinski definition) is 3. The summed E-state index contributed by atoms with van der Waals surface area (Å²) < 4.78 is 4.67. The molecule has 6 heteroatoms. The monoisotopic (exact) mass is 391 g/mol. The first kappa shape index (κ1) is 18.7. The van der Waals surface area contributed by atoms with Gasteiger partial charge in [-0.05, 0) is 24.1 Å². The van der Waals surface area contributed by atoms with Gasteiger partial charge in [0, 0.05) is 6.54 Å². The van der Waals surface area contributed by atoms with Crippen LogP contribution in [0.1, 0.15) is 35.7 Å². The predicted molar refractivity (Wildman–Crippen MR) is 91.4 cm³/mol. The first-order valence-electron chi connectivity index (χ1n) is 6.38. The third-order valence-corrected chi connectivity index (χ3v) is 2.62. The number of nitrogens with zero attached hydrogens (tertiary/aromatic N) is 1. The molecule has 0 amide bonds. The second-order valence-corrected chi connectivity index (χ2v) is 4.17. The minimum atomic E-state index is -0.347. The molecule has 5 nitrogen and oxygen atoms in total. The van der Waals surface area contributed by atoms with Gasteiger partial charge in [-0.1, -0.05) is 25.5 Å². The Hall–Kier alpha value is -1.31. The molecule has 20 heavy (non-hydrogen) atoms. The zero-order valence-electron chi connectivity index (χ0n) is 11.9. The fourth-order valence-electron chi connectivity index (χ4n) is 1.54. The molecular weight excluding hydrogens is 369 g/mol. The summed E-state index contributed by atoms with van der Waals surface area (Å²) in [6, 6.07) is 7.17. The molecule has 3 N–H and O–H groups in total. The molecule has 112 valence electrons. The Morgan fingerprint density at radius 2 is 2.20 bits per heavy atom. The van der Waals surface area contributed by atoms with Crippen molar-refractivity contribution >= 4 is 35.9 Å². The summed E-state index contributed by atoms with van der Waals surface area (Å²) in [6.07, 6.45) is 2.18. The molecular formula is C14H22IN3O2. The molecule has 0 saturated carbocycles. The SMILES string of the molecule is CCCCNC(N)=NCc1cccc(C(=O)OC)c1.I. The highest BCUT2D eigenvalue weighted by Gasteiger charge is 2.05. The Balaban J connectivity index is 0.00000361. The molecule has 0 aliphatic carbocycles. The van der Waals surface area contributed by atoms with E-state index in [1.54, 1.807) is 18.2 Å². The van der Waals surface area contributed by atoms with Gasteiger partial charge in [0.2, 0.25) is 0 Å². The number of methoxy groups -OCH3 is 1. The van der Waals surface area contributed by atoms with E-state index in [1.165, 1.54) is 7.11 Å². The first-order chi connectivity index (χ1) is 9.17. The lowest BCUT2D eigenvalue weighted by molar-refractivity contribution is 0.0600. The summed E-state index contributed by atoms with van der Waals surface area (Å²) in [5.74, 6) is 0.0804. The second kappa shape index (κ2) is 10.5. The van der Waals surface area contributed by atoms with Crippen LogP contribution in [0.4, 0.5) is 0 Å². The van der Waals surface area contributed by atoms with Crippen LogP contribution in [0.25, 0.3) is 0 Å². The Labute approximate surface area is 137 Å². The normalized spacial score (nSPS) is 10.6. The highest BCUT2D eigenvalue weighted by atomic mass is 127. The number of halogens is 1. The number of nitrogens with two attached hydrogens (primary N) is 1. The maximum atomic E-state index is 11.4. The van der Waals surface area contributed by atoms with Crippen LogP contribution in [-0.4, -0.2) is 25.6 Å². The number of hydrogen-bond donors (Lipinski definition) is 2. The van der Waals surface area contributed by atoms with Crippen LogP contribution in [-0.2, 0) is 11.3 Å². The van der Waals surface area contributed by atoms with E-state index in [0.717, 1.165) is 24.9 Å². The fourth-order valence-corrected chi connectivity index (χ4v) is 1.54. The number of benzene rings is 1. The number of nitrogens with one attached hydrogen (secondary N) is 1. The molecule has 0 spiro atoms. The van der Waals surface area contributed by atoms with E-state index in [4.69, 9.17) is 5.73 Å². The van der Waals surface area contributed by atoms with Crippen LogP contribution in [0.2, 0.25) is 0 Å². The minimum Gasteiger partial charge on any atom is -0.465 e. The molecule has 0 radical (unpaired) electrons. The Bertz CT molecular complexity index is 450. The van der Waals surface area contributed by atoms with Crippen molar-refractivity contribution in [3.63, 3.8) is 0 Å². The molecule has 0 aromatic heterocycles. The largest absolute Gasteiger partial charge is 0.465 e. The van der Waals surface area contributed by atoms with Crippen molar-refractivity contribution in [3.8, 4) is 0 Å². The van der Waals surface area contributed by atoms with E-state index in [2.05, 4.69) is 22.0 Å². The van der Waals surface area contributed by atoms with Crippen LogP contribution < -0.4 is 11.1 Å². The number of carbonyl (C=O) groups is 1. The van der Waals surface area contributed by atoms with Crippen molar-refractivity contribution in [3.05, 3.63) is 35.4 Å². The third kappa shape index (κ3) is 6.74. The number of unbranched alkanes of at least 4 members (excludes halogenated alkanes) is 1. The molecule has 0 atom stereocenters. The van der Waals surface area contributed by atoms with E-state index >= 15 is 0 Å². The lowest BCUT2D eigenvalue weighted by atomic mass is 10.1. The van der Waals surface area contributed by atoms with Gasteiger partial charge >= 0.3 is 5.97 Å². The fraction of sp³-hybridized carbons (Fsp3) is 0.429. The van der Waals surface area contributed by atoms with Gasteiger partial charge in [0.1, 0.15) is 0 Å². The average molecular weight is 391 g/mol. The Morgan fingerprint density at radius 3 is 2.85 bits per heavy atom. The number of carbonyl (C=O) groups excluding carboxylic acids is 1. The van der Waals surface area contributed by atoms with Crippen molar-refractivity contribution in [2.45, 2.75) is 26.3 Å². The van der Waals surface area contributed by atoms with Crippen LogP contribution in [0, 0.1) is 0 Å². The molecule has 1 rings (SSSR count). The second-order valence-electron chi connectivity index (χ2n) is 4.17. The van der Waals surface area contributed by atoms with Gasteiger partial charge in [0.05, 0.1) is 19.2 Å². The molecule has 0 aliphatic heterocycles. The standard InChI is InChI=1S/C14H21N3O2.HI/c1-3-4-8-16-14(15)17-10-11-6-5-7-12(9-11)13(18)19-2;/h5-7,9H,3-4,8,10H2,1-2H3,(H3,15,16,17);1H. The molecule has 0 unspecified atom stereocenters. The summed E-state index contributed by atoms with van der Waals surface area (Å²) in [4.78, 5) is 15.6. The highest BCUT2D eigenvalue weighted by molar-refractivity contribution is 14.0. The maximum Gasteiger partial charge on any atom is 0.337 e. The van der Waals surface area contributed by atoms with Crippen LogP contribution >= 0.6 is 24.0 Å². The van der Waals surface area contributed by atoms with Gasteiger partial charge < -0.3 is 15.8 Å². The van der Waals surface area contributed by atoms with Crippen LogP contribution in [0.5, 0.6) is 0 Å². The van der Waals surface area contributed by atoms with Crippen molar-refractivity contribution in [1.29, 1.82) is 0 Å². The third-order valence-electron chi connectivity index (χ3n) is 2.62. The molecule has 0 fully saturated rings. The maximum absolute atomic E-state index is 11.4. The summed E-state index contributed by atoms with van der Waals surface area (Å²) in [5, 5.41) is 3.04. The molecule has 0 bridgehead atoms. The van der Waals surface area contributed by atoms with Gasteiger partial charge in [-0.25, -0.2) is 9.79 Å². The lowest BCUT2D eigenvalue weighted by Crippen LogP contribution is -2.32. The Morgan fingerprint density at radius 1 is 1.45 bits per heavy atom. The van der Waals surface area contributed by atoms with Gasteiger partial charge in [-0.2, -0.15) is 0 Å². The van der Waals surface area contributed by atoms with E-state index < -0.39 is 0 Å². The smallest absolute Gasteiger partial charge is 0.337 e. The molecule has 0 heterocycles. The lowest BCUT2D eigenvalue weighted by Gasteiger charge is -2.05. The zero-order chi connectivity index (χ0) is 14.1. The van der Waals surface area contributed by atoms with Gasteiger partial charge in [-0.3, -0.25) is 0 Å². The van der Waals surface area contributed by atoms with Gasteiger partial charge in [-0.15, -0.1) is 24.0 Å². The van der Waals surface area contributed by atoms with Gasteiger partial charge in [0.25, 0.3) is 0 Å². The first-order valence-corrected chi connectivity index (χ1v) is 6.38. The summed E-state index contributed by atoms with van der Waals surface area (Å²) in [6.45, 7) is 3.39. The number of aliphatic imine (C=N–C) groups is 1. The topological polar surface area (TPSA) is 76.7 Å². The number of ether oxygens (including phenoxy) is 1. The van der Waals surface area contributed by atoms with Crippen molar-refractivity contribution < 1.29 is 9.53 Å². The van der Waals surface area contributed by atoms with E-state index in [9.17, 15) is 4.79 Å². The van der Waals surface area contributed by atoms with Crippen LogP contribution in [0.3, 0.4) is 0 Å². The van der Waals surface area contributed by atoms with E-state index in [0.29, 0.717) is 18.1 Å². The number of guanidine groups is 1. The number of rotatable bonds is 6. The number of esters is 1. The molecule has 0 saturated heterocycles. The summed E-state index contributed by atoms with van der Waals surface area (Å²) in [7, 11) is 1.36. The van der Waals surface area contributed by atoms with E-state index in [1.807, 2.05) is 6.07 Å². The predicted octanol–water partition coefficient (Wildman–Crippen LogP) is 2.30. The van der Waals surface area contributed by atoms with Crippen LogP contribution in [0.15, 0.2) is 29.3 Å². The van der Waals surface area contributed by atoms with Crippen molar-refractivity contribution in [2.24, 2.45) is 10.7 Å². The summed E-state index contributed by atoms with van der Waals surface area (Å²) in [5.41, 5.74) is 7.17. The molecule has 1 aromatic rings. The Kier molecular flexibility index (Phi) is 9.79. The van der Waals surface area contributed by atoms with Crippen molar-refractivity contribution in [2.75, 3.05) is 13.7 Å². The van der Waals surface area contributed by atoms with Crippen molar-refractivity contribution in [1.82, 2.24) is 5.32 Å². The minimum absolute atomic E-state index is 0. The average Bonchev–Trinajstić information content (AvgIpc) is 2.45. The summed E-state index contributed by atoms with van der Waals surface area (Å²) >= 11 is 0.